The van der Waals surface area contributed by atoms with Gasteiger partial charge in [0.1, 0.15) is 19.1 Å². The first-order valence-corrected chi connectivity index (χ1v) is 12.1. The summed E-state index contributed by atoms with van der Waals surface area (Å²) < 4.78 is 19.6. The fraction of sp³-hybridized carbons (Fsp3) is 0.310. The average molecular weight is 471 g/mol. The van der Waals surface area contributed by atoms with Crippen LogP contribution in [0.15, 0.2) is 60.7 Å². The highest BCUT2D eigenvalue weighted by Gasteiger charge is 2.35. The third kappa shape index (κ3) is 3.65. The largest absolute Gasteiger partial charge is 0.496 e. The third-order valence-electron chi connectivity index (χ3n) is 7.56. The molecule has 35 heavy (non-hydrogen) atoms. The molecule has 6 rings (SSSR count). The van der Waals surface area contributed by atoms with Crippen LogP contribution in [0.2, 0.25) is 0 Å². The second kappa shape index (κ2) is 8.95. The van der Waals surface area contributed by atoms with Crippen LogP contribution < -0.4 is 14.2 Å². The normalized spacial score (nSPS) is 16.9. The number of benzene rings is 3. The zero-order valence-corrected chi connectivity index (χ0v) is 20.2. The molecule has 0 fully saturated rings. The van der Waals surface area contributed by atoms with Crippen LogP contribution in [0.1, 0.15) is 34.0 Å². The van der Waals surface area contributed by atoms with Crippen molar-refractivity contribution in [3.63, 3.8) is 0 Å². The molecule has 3 aromatic carbocycles. The molecule has 0 saturated carbocycles. The van der Waals surface area contributed by atoms with Crippen molar-refractivity contribution >= 4 is 10.9 Å². The number of methoxy groups -OCH3 is 2. The minimum Gasteiger partial charge on any atom is -0.496 e. The zero-order chi connectivity index (χ0) is 23.9. The Balaban J connectivity index is 1.37. The van der Waals surface area contributed by atoms with Crippen LogP contribution in [0.3, 0.4) is 0 Å². The smallest absolute Gasteiger partial charge is 0.162 e. The van der Waals surface area contributed by atoms with E-state index in [2.05, 4.69) is 39.8 Å². The van der Waals surface area contributed by atoms with Gasteiger partial charge in [-0.05, 0) is 53.8 Å². The SMILES string of the molecule is COc1ccccc1COc1cc2c(cc1OC)CCN1Cc3c(c4ccccc4n3CO)CC21. The maximum absolute atomic E-state index is 10.1. The predicted molar refractivity (Wildman–Crippen MR) is 135 cm³/mol. The average Bonchev–Trinajstić information content (AvgIpc) is 3.22. The van der Waals surface area contributed by atoms with Gasteiger partial charge in [-0.3, -0.25) is 4.90 Å². The molecule has 1 unspecified atom stereocenters. The molecule has 0 amide bonds. The summed E-state index contributed by atoms with van der Waals surface area (Å²) in [6.07, 6.45) is 1.87. The Bertz CT molecular complexity index is 1390. The highest BCUT2D eigenvalue weighted by Crippen LogP contribution is 2.44. The number of aliphatic hydroxyl groups is 1. The zero-order valence-electron chi connectivity index (χ0n) is 20.2. The van der Waals surface area contributed by atoms with Gasteiger partial charge in [0, 0.05) is 35.8 Å². The lowest BCUT2D eigenvalue weighted by Gasteiger charge is -2.41. The number of ether oxygens (including phenoxy) is 3. The van der Waals surface area contributed by atoms with Gasteiger partial charge in [0.15, 0.2) is 11.5 Å². The molecule has 0 saturated heterocycles. The molecule has 0 bridgehead atoms. The molecule has 0 spiro atoms. The van der Waals surface area contributed by atoms with E-state index in [1.165, 1.54) is 27.8 Å². The topological polar surface area (TPSA) is 56.1 Å². The van der Waals surface area contributed by atoms with E-state index >= 15 is 0 Å². The van der Waals surface area contributed by atoms with Crippen molar-refractivity contribution in [1.82, 2.24) is 9.47 Å². The molecule has 0 aliphatic carbocycles. The summed E-state index contributed by atoms with van der Waals surface area (Å²) in [6, 6.07) is 20.9. The summed E-state index contributed by atoms with van der Waals surface area (Å²) in [5.41, 5.74) is 7.30. The van der Waals surface area contributed by atoms with Crippen LogP contribution >= 0.6 is 0 Å². The maximum Gasteiger partial charge on any atom is 0.162 e. The molecule has 1 N–H and O–H groups in total. The second-order valence-corrected chi connectivity index (χ2v) is 9.25. The van der Waals surface area contributed by atoms with Crippen molar-refractivity contribution in [3.05, 3.63) is 88.6 Å². The number of rotatable bonds is 6. The minimum atomic E-state index is 0.00305. The Morgan fingerprint density at radius 2 is 1.74 bits per heavy atom. The second-order valence-electron chi connectivity index (χ2n) is 9.25. The lowest BCUT2D eigenvalue weighted by molar-refractivity contribution is 0.145. The van der Waals surface area contributed by atoms with Gasteiger partial charge in [0.2, 0.25) is 0 Å². The standard InChI is InChI=1S/C29H30N2O4/c1-33-27-10-6-3-7-20(27)17-35-29-15-22-19(13-28(29)34-2)11-12-30-16-26-23(14-25(22)30)21-8-4-5-9-24(21)31(26)18-32/h3-10,13,15,25,32H,11-12,14,16-18H2,1-2H3. The summed E-state index contributed by atoms with van der Waals surface area (Å²) >= 11 is 0. The van der Waals surface area contributed by atoms with E-state index in [1.807, 2.05) is 30.3 Å². The van der Waals surface area contributed by atoms with Gasteiger partial charge in [-0.25, -0.2) is 0 Å². The Hall–Kier alpha value is -3.48. The van der Waals surface area contributed by atoms with Crippen LogP contribution in [0.5, 0.6) is 17.2 Å². The highest BCUT2D eigenvalue weighted by atomic mass is 16.5. The van der Waals surface area contributed by atoms with E-state index in [-0.39, 0.29) is 12.8 Å². The Labute approximate surface area is 205 Å². The first-order chi connectivity index (χ1) is 17.2. The van der Waals surface area contributed by atoms with Crippen molar-refractivity contribution in [2.45, 2.75) is 38.8 Å². The fourth-order valence-electron chi connectivity index (χ4n) is 5.82. The summed E-state index contributed by atoms with van der Waals surface area (Å²) in [5.74, 6) is 2.33. The maximum atomic E-state index is 10.1. The molecule has 2 aliphatic rings. The molecule has 2 aliphatic heterocycles. The highest BCUT2D eigenvalue weighted by molar-refractivity contribution is 5.86. The molecular weight excluding hydrogens is 440 g/mol. The van der Waals surface area contributed by atoms with Crippen molar-refractivity contribution in [1.29, 1.82) is 0 Å². The Morgan fingerprint density at radius 1 is 0.943 bits per heavy atom. The van der Waals surface area contributed by atoms with Gasteiger partial charge in [-0.1, -0.05) is 36.4 Å². The molecular formula is C29H30N2O4. The lowest BCUT2D eigenvalue weighted by atomic mass is 9.85. The van der Waals surface area contributed by atoms with Crippen molar-refractivity contribution in [2.24, 2.45) is 0 Å². The lowest BCUT2D eigenvalue weighted by Crippen LogP contribution is -2.39. The minimum absolute atomic E-state index is 0.00305. The van der Waals surface area contributed by atoms with E-state index in [4.69, 9.17) is 14.2 Å². The van der Waals surface area contributed by atoms with Crippen molar-refractivity contribution in [3.8, 4) is 17.2 Å². The van der Waals surface area contributed by atoms with E-state index in [1.54, 1.807) is 14.2 Å². The number of nitrogens with zero attached hydrogens (tertiary/aromatic N) is 2. The van der Waals surface area contributed by atoms with Gasteiger partial charge in [-0.15, -0.1) is 0 Å². The van der Waals surface area contributed by atoms with E-state index in [0.717, 1.165) is 54.3 Å². The van der Waals surface area contributed by atoms with Crippen molar-refractivity contribution < 1.29 is 19.3 Å². The van der Waals surface area contributed by atoms with E-state index < -0.39 is 0 Å². The van der Waals surface area contributed by atoms with Crippen LogP contribution in [0.4, 0.5) is 0 Å². The number of aliphatic hydroxyl groups excluding tert-OH is 1. The number of hydrogen-bond donors (Lipinski definition) is 1. The Morgan fingerprint density at radius 3 is 2.57 bits per heavy atom. The molecule has 4 aromatic rings. The van der Waals surface area contributed by atoms with Gasteiger partial charge < -0.3 is 23.9 Å². The van der Waals surface area contributed by atoms with E-state index in [9.17, 15) is 5.11 Å². The van der Waals surface area contributed by atoms with Gasteiger partial charge in [-0.2, -0.15) is 0 Å². The predicted octanol–water partition coefficient (Wildman–Crippen LogP) is 4.84. The van der Waals surface area contributed by atoms with Crippen molar-refractivity contribution in [2.75, 3.05) is 20.8 Å². The third-order valence-corrected chi connectivity index (χ3v) is 7.56. The summed E-state index contributed by atoms with van der Waals surface area (Å²) in [6.45, 7) is 2.22. The molecule has 6 nitrogen and oxygen atoms in total. The number of hydrogen-bond acceptors (Lipinski definition) is 5. The molecule has 6 heteroatoms. The van der Waals surface area contributed by atoms with Gasteiger partial charge in [0.25, 0.3) is 0 Å². The quantitative estimate of drug-likeness (QED) is 0.437. The van der Waals surface area contributed by atoms with Gasteiger partial charge >= 0.3 is 0 Å². The Kier molecular flexibility index (Phi) is 5.63. The van der Waals surface area contributed by atoms with Crippen LogP contribution in [-0.4, -0.2) is 35.3 Å². The summed E-state index contributed by atoms with van der Waals surface area (Å²) in [7, 11) is 3.38. The number of fused-ring (bicyclic) bond motifs is 6. The molecule has 1 atom stereocenters. The number of aromatic nitrogens is 1. The van der Waals surface area contributed by atoms with Crippen LogP contribution in [-0.2, 0) is 32.7 Å². The molecule has 0 radical (unpaired) electrons. The van der Waals surface area contributed by atoms with Crippen LogP contribution in [0.25, 0.3) is 10.9 Å². The van der Waals surface area contributed by atoms with Gasteiger partial charge in [0.05, 0.1) is 19.7 Å². The summed E-state index contributed by atoms with van der Waals surface area (Å²) in [4.78, 5) is 2.53. The monoisotopic (exact) mass is 470 g/mol. The number of para-hydroxylation sites is 2. The molecule has 180 valence electrons. The summed E-state index contributed by atoms with van der Waals surface area (Å²) in [5, 5.41) is 11.4. The van der Waals surface area contributed by atoms with Crippen LogP contribution in [0, 0.1) is 0 Å². The first-order valence-electron chi connectivity index (χ1n) is 12.1. The van der Waals surface area contributed by atoms with E-state index in [0.29, 0.717) is 6.61 Å². The molecule has 1 aromatic heterocycles. The fourth-order valence-corrected chi connectivity index (χ4v) is 5.82. The first kappa shape index (κ1) is 22.0. The molecule has 3 heterocycles.